The average Bonchev–Trinajstić information content (AvgIpc) is 4.27. The molecule has 4 atom stereocenters. The van der Waals surface area contributed by atoms with E-state index in [2.05, 4.69) is 0 Å². The minimum Gasteiger partial charge on any atom is -0.340 e. The maximum atomic E-state index is 13.7. The first kappa shape index (κ1) is 60.4. The van der Waals surface area contributed by atoms with E-state index in [-0.39, 0.29) is 64.5 Å². The number of amides is 3. The molecule has 2 heterocycles. The summed E-state index contributed by atoms with van der Waals surface area (Å²) in [7, 11) is -8.36. The van der Waals surface area contributed by atoms with Crippen molar-refractivity contribution in [3.63, 3.8) is 0 Å². The fraction of sp³-hybridized carbons (Fsp3) is 0.680. The van der Waals surface area contributed by atoms with Gasteiger partial charge in [-0.05, 0) is 119 Å². The number of hydrogen-bond donors (Lipinski definition) is 1. The highest BCUT2D eigenvalue weighted by atomic mass is 32.2. The third-order valence-electron chi connectivity index (χ3n) is 12.9. The number of halogens is 6. The van der Waals surface area contributed by atoms with Crippen LogP contribution in [0.1, 0.15) is 137 Å². The Hall–Kier alpha value is -4.12. The van der Waals surface area contributed by atoms with Gasteiger partial charge in [0, 0.05) is 70.2 Å². The fourth-order valence-electron chi connectivity index (χ4n) is 9.31. The Labute approximate surface area is 422 Å². The van der Waals surface area contributed by atoms with Crippen LogP contribution in [0.3, 0.4) is 0 Å². The molecular formula is C50H74F6N6O8S2. The van der Waals surface area contributed by atoms with Gasteiger partial charge in [0.15, 0.2) is 0 Å². The van der Waals surface area contributed by atoms with Gasteiger partial charge >= 0.3 is 12.4 Å². The molecule has 2 aliphatic carbocycles. The molecule has 0 radical (unpaired) electrons. The van der Waals surface area contributed by atoms with E-state index in [1.54, 1.807) is 14.7 Å². The Morgan fingerprint density at radius 1 is 0.681 bits per heavy atom. The van der Waals surface area contributed by atoms with Gasteiger partial charge in [-0.15, -0.1) is 0 Å². The second kappa shape index (κ2) is 25.9. The van der Waals surface area contributed by atoms with Crippen LogP contribution < -0.4 is 5.73 Å². The van der Waals surface area contributed by atoms with Crippen LogP contribution in [-0.2, 0) is 51.6 Å². The van der Waals surface area contributed by atoms with Crippen molar-refractivity contribution in [1.82, 2.24) is 23.3 Å². The summed E-state index contributed by atoms with van der Waals surface area (Å²) in [5.74, 6) is -0.165. The molecule has 14 nitrogen and oxygen atoms in total. The van der Waals surface area contributed by atoms with Crippen LogP contribution in [0.5, 0.6) is 0 Å². The SMILES string of the molecule is CC(C)C[C@H](N)C(=O)N1CCCC(N(C2CC2)S(=O)(=O)c2cccc(C(F)(F)F)c2)C1.CCC=O.CCCN(C(C)=O)[C@@H](CC(C)C)C(=O)N1CCCC(N(C2CC2)S(=O)(=O)c2cccc(C(F)(F)F)c2)C1. The topological polar surface area (TPSA) is 179 Å². The molecule has 22 heteroatoms. The Morgan fingerprint density at radius 2 is 1.08 bits per heavy atom. The van der Waals surface area contributed by atoms with Crippen molar-refractivity contribution in [3.8, 4) is 0 Å². The number of sulfonamides is 2. The van der Waals surface area contributed by atoms with Gasteiger partial charge in [0.25, 0.3) is 0 Å². The number of nitrogens with two attached hydrogens (primary N) is 1. The van der Waals surface area contributed by atoms with Crippen molar-refractivity contribution >= 4 is 44.1 Å². The number of aldehydes is 1. The van der Waals surface area contributed by atoms with Gasteiger partial charge in [0.1, 0.15) is 12.3 Å². The normalized spacial score (nSPS) is 19.8. The van der Waals surface area contributed by atoms with Crippen LogP contribution in [0.4, 0.5) is 26.3 Å². The van der Waals surface area contributed by atoms with Gasteiger partial charge in [0.05, 0.1) is 27.0 Å². The quantitative estimate of drug-likeness (QED) is 0.114. The predicted octanol–water partition coefficient (Wildman–Crippen LogP) is 8.34. The highest BCUT2D eigenvalue weighted by Crippen LogP contribution is 2.40. The lowest BCUT2D eigenvalue weighted by molar-refractivity contribution is -0.146. The summed E-state index contributed by atoms with van der Waals surface area (Å²) >= 11 is 0. The summed E-state index contributed by atoms with van der Waals surface area (Å²) in [6.07, 6.45) is -1.20. The minimum atomic E-state index is -4.66. The largest absolute Gasteiger partial charge is 0.416 e. The molecule has 72 heavy (non-hydrogen) atoms. The van der Waals surface area contributed by atoms with E-state index in [9.17, 15) is 62.4 Å². The van der Waals surface area contributed by atoms with Gasteiger partial charge < -0.3 is 25.2 Å². The molecule has 3 amide bonds. The number of likely N-dealkylation sites (tertiary alicyclic amines) is 2. The molecule has 2 aromatic rings. The standard InChI is InChI=1S/C26H38F3N3O4S.C21H30F3N3O3S.C3H6O/c1-5-13-31(19(4)33)24(15-18(2)3)25(34)30-14-7-9-22(17-30)32(21-11-12-21)37(35,36)23-10-6-8-20(16-23)26(27,28)29;1-14(2)11-19(25)20(28)26-10-4-6-17(13-26)27(16-8-9-16)31(29,30)18-7-3-5-15(12-18)21(22,23)24;1-2-3-4/h6,8,10,16,18,21-22,24H,5,7,9,11-15,17H2,1-4H3;3,5,7,12,14,16-17,19H,4,6,8-11,13,25H2,1-2H3;3H,2H2,1H3/t22?,24-;17?,19-;/m00./s1. The maximum absolute atomic E-state index is 13.7. The van der Waals surface area contributed by atoms with Crippen LogP contribution in [0.15, 0.2) is 58.3 Å². The number of nitrogens with zero attached hydrogens (tertiary/aromatic N) is 5. The van der Waals surface area contributed by atoms with Crippen molar-refractivity contribution in [2.24, 2.45) is 17.6 Å². The molecule has 406 valence electrons. The third-order valence-corrected chi connectivity index (χ3v) is 16.9. The van der Waals surface area contributed by atoms with E-state index in [1.807, 2.05) is 41.5 Å². The van der Waals surface area contributed by atoms with Gasteiger partial charge in [-0.2, -0.15) is 35.0 Å². The summed E-state index contributed by atoms with van der Waals surface area (Å²) < 4.78 is 136. The summed E-state index contributed by atoms with van der Waals surface area (Å²) in [6.45, 7) is 14.9. The molecule has 4 aliphatic rings. The lowest BCUT2D eigenvalue weighted by atomic mass is 9.98. The minimum absolute atomic E-state index is 0.153. The van der Waals surface area contributed by atoms with E-state index in [0.29, 0.717) is 109 Å². The molecule has 2 N–H and O–H groups in total. The Bertz CT molecular complexity index is 2360. The molecule has 0 spiro atoms. The van der Waals surface area contributed by atoms with Gasteiger partial charge in [-0.3, -0.25) is 14.4 Å². The van der Waals surface area contributed by atoms with Crippen LogP contribution in [0.25, 0.3) is 0 Å². The van der Waals surface area contributed by atoms with Crippen molar-refractivity contribution in [1.29, 1.82) is 0 Å². The highest BCUT2D eigenvalue weighted by molar-refractivity contribution is 7.89. The number of hydrogen-bond acceptors (Lipinski definition) is 9. The van der Waals surface area contributed by atoms with E-state index in [4.69, 9.17) is 5.73 Å². The Kier molecular flexibility index (Phi) is 21.7. The molecule has 2 unspecified atom stereocenters. The molecule has 2 saturated carbocycles. The van der Waals surface area contributed by atoms with Crippen molar-refractivity contribution in [2.45, 2.75) is 184 Å². The zero-order chi connectivity index (χ0) is 53.9. The second-order valence-corrected chi connectivity index (χ2v) is 23.7. The molecule has 6 rings (SSSR count). The van der Waals surface area contributed by atoms with Crippen molar-refractivity contribution < 1.29 is 62.4 Å². The van der Waals surface area contributed by atoms with Gasteiger partial charge in [-0.25, -0.2) is 16.8 Å². The smallest absolute Gasteiger partial charge is 0.340 e. The van der Waals surface area contributed by atoms with E-state index < -0.39 is 67.7 Å². The van der Waals surface area contributed by atoms with Gasteiger partial charge in [-0.1, -0.05) is 53.7 Å². The number of benzene rings is 2. The van der Waals surface area contributed by atoms with Crippen LogP contribution >= 0.6 is 0 Å². The third kappa shape index (κ3) is 16.4. The molecule has 2 aliphatic heterocycles. The molecule has 0 aromatic heterocycles. The van der Waals surface area contributed by atoms with Crippen LogP contribution in [0, 0.1) is 11.8 Å². The van der Waals surface area contributed by atoms with E-state index in [0.717, 1.165) is 30.6 Å². The zero-order valence-electron chi connectivity index (χ0n) is 42.5. The monoisotopic (exact) mass is 1060 g/mol. The highest BCUT2D eigenvalue weighted by Gasteiger charge is 2.47. The summed E-state index contributed by atoms with van der Waals surface area (Å²) in [6, 6.07) is 4.87. The lowest BCUT2D eigenvalue weighted by Gasteiger charge is -2.41. The van der Waals surface area contributed by atoms with E-state index in [1.165, 1.54) is 27.7 Å². The average molecular weight is 1070 g/mol. The second-order valence-electron chi connectivity index (χ2n) is 20.0. The first-order chi connectivity index (χ1) is 33.6. The van der Waals surface area contributed by atoms with Crippen molar-refractivity contribution in [2.75, 3.05) is 32.7 Å². The zero-order valence-corrected chi connectivity index (χ0v) is 44.1. The fourth-order valence-corrected chi connectivity index (χ4v) is 13.2. The molecule has 2 aromatic carbocycles. The predicted molar refractivity (Wildman–Crippen MR) is 261 cm³/mol. The number of rotatable bonds is 18. The summed E-state index contributed by atoms with van der Waals surface area (Å²) in [5.41, 5.74) is 4.04. The van der Waals surface area contributed by atoms with Crippen LogP contribution in [-0.4, -0.2) is 133 Å². The van der Waals surface area contributed by atoms with Crippen molar-refractivity contribution in [3.05, 3.63) is 59.7 Å². The first-order valence-electron chi connectivity index (χ1n) is 25.0. The first-order valence-corrected chi connectivity index (χ1v) is 27.9. The molecule has 2 saturated heterocycles. The number of carbonyl (C=O) groups excluding carboxylic acids is 4. The number of piperidine rings is 2. The van der Waals surface area contributed by atoms with Gasteiger partial charge in [0.2, 0.25) is 37.8 Å². The summed E-state index contributed by atoms with van der Waals surface area (Å²) in [4.78, 5) is 52.2. The molecular weight excluding hydrogens is 991 g/mol. The lowest BCUT2D eigenvalue weighted by Crippen LogP contribution is -2.57. The van der Waals surface area contributed by atoms with E-state index >= 15 is 0 Å². The number of alkyl halides is 6. The number of carbonyl (C=O) groups is 4. The Morgan fingerprint density at radius 3 is 1.42 bits per heavy atom. The summed E-state index contributed by atoms with van der Waals surface area (Å²) in [5, 5.41) is 0. The molecule has 4 fully saturated rings. The Balaban J connectivity index is 0.000000294. The van der Waals surface area contributed by atoms with Crippen LogP contribution in [0.2, 0.25) is 0 Å². The maximum Gasteiger partial charge on any atom is 0.416 e. The molecule has 0 bridgehead atoms.